The van der Waals surface area contributed by atoms with Gasteiger partial charge in [0.2, 0.25) is 0 Å². The lowest BCUT2D eigenvalue weighted by Crippen LogP contribution is -2.46. The third kappa shape index (κ3) is 4.74. The van der Waals surface area contributed by atoms with Crippen molar-refractivity contribution >= 4 is 23.4 Å². The van der Waals surface area contributed by atoms with E-state index in [4.69, 9.17) is 0 Å². The van der Waals surface area contributed by atoms with Crippen LogP contribution in [0.2, 0.25) is 0 Å². The van der Waals surface area contributed by atoms with E-state index >= 15 is 0 Å². The molecule has 0 bridgehead atoms. The summed E-state index contributed by atoms with van der Waals surface area (Å²) < 4.78 is 0. The van der Waals surface area contributed by atoms with E-state index in [1.165, 1.54) is 13.0 Å². The maximum Gasteiger partial charge on any atom is 0.191 e. The lowest BCUT2D eigenvalue weighted by molar-refractivity contribution is 0.258. The normalized spacial score (nSPS) is 16.2. The maximum atomic E-state index is 4.67. The molecule has 0 aromatic carbocycles. The molecule has 1 aromatic heterocycles. The fourth-order valence-electron chi connectivity index (χ4n) is 2.53. The second-order valence-electron chi connectivity index (χ2n) is 5.35. The lowest BCUT2D eigenvalue weighted by atomic mass is 10.3. The average molecular weight is 309 g/mol. The monoisotopic (exact) mass is 309 g/mol. The Morgan fingerprint density at radius 2 is 1.90 bits per heavy atom. The van der Waals surface area contributed by atoms with Crippen LogP contribution >= 0.6 is 11.8 Å². The molecular weight excluding hydrogens is 282 g/mol. The van der Waals surface area contributed by atoms with Crippen LogP contribution < -0.4 is 10.2 Å². The minimum absolute atomic E-state index is 0.849. The second kappa shape index (κ2) is 8.44. The van der Waals surface area contributed by atoms with Crippen molar-refractivity contribution in [2.45, 2.75) is 31.8 Å². The van der Waals surface area contributed by atoms with Crippen LogP contribution in [0.5, 0.6) is 0 Å². The number of thioether (sulfide) groups is 1. The van der Waals surface area contributed by atoms with Crippen molar-refractivity contribution in [3.63, 3.8) is 0 Å². The largest absolute Gasteiger partial charge is 0.370 e. The highest BCUT2D eigenvalue weighted by molar-refractivity contribution is 7.98. The van der Waals surface area contributed by atoms with Gasteiger partial charge in [0.05, 0.1) is 0 Å². The van der Waals surface area contributed by atoms with E-state index in [1.54, 1.807) is 11.8 Å². The molecule has 1 fully saturated rings. The van der Waals surface area contributed by atoms with Gasteiger partial charge in [0.15, 0.2) is 5.16 Å². The quantitative estimate of drug-likeness (QED) is 0.617. The number of nitrogens with zero attached hydrogens (tertiary/aromatic N) is 4. The summed E-state index contributed by atoms with van der Waals surface area (Å²) in [6, 6.07) is 2.09. The van der Waals surface area contributed by atoms with Gasteiger partial charge in [0.1, 0.15) is 11.6 Å². The minimum Gasteiger partial charge on any atom is -0.370 e. The van der Waals surface area contributed by atoms with Crippen LogP contribution in [0.25, 0.3) is 0 Å². The highest BCUT2D eigenvalue weighted by Crippen LogP contribution is 2.21. The fourth-order valence-corrected chi connectivity index (χ4v) is 2.90. The Kier molecular flexibility index (Phi) is 6.57. The highest BCUT2D eigenvalue weighted by atomic mass is 32.2. The minimum atomic E-state index is 0.849. The van der Waals surface area contributed by atoms with Gasteiger partial charge in [-0.25, -0.2) is 9.97 Å². The second-order valence-corrected chi connectivity index (χ2v) is 6.13. The number of aromatic nitrogens is 2. The van der Waals surface area contributed by atoms with Crippen LogP contribution in [-0.2, 0) is 0 Å². The van der Waals surface area contributed by atoms with E-state index in [0.29, 0.717) is 0 Å². The molecule has 118 valence electrons. The van der Waals surface area contributed by atoms with Crippen molar-refractivity contribution in [1.29, 1.82) is 0 Å². The van der Waals surface area contributed by atoms with Gasteiger partial charge in [-0.3, -0.25) is 4.90 Å². The maximum absolute atomic E-state index is 4.67. The molecule has 0 radical (unpaired) electrons. The van der Waals surface area contributed by atoms with Crippen LogP contribution in [-0.4, -0.2) is 60.4 Å². The molecule has 1 aliphatic heterocycles. The van der Waals surface area contributed by atoms with Crippen molar-refractivity contribution < 1.29 is 0 Å². The van der Waals surface area contributed by atoms with Gasteiger partial charge in [-0.1, -0.05) is 25.6 Å². The van der Waals surface area contributed by atoms with E-state index in [2.05, 4.69) is 45.0 Å². The molecule has 1 N–H and O–H groups in total. The van der Waals surface area contributed by atoms with Gasteiger partial charge >= 0.3 is 0 Å². The van der Waals surface area contributed by atoms with Gasteiger partial charge in [0.25, 0.3) is 0 Å². The Balaban J connectivity index is 2.04. The van der Waals surface area contributed by atoms with Crippen LogP contribution in [0.1, 0.15) is 26.7 Å². The zero-order chi connectivity index (χ0) is 15.1. The topological polar surface area (TPSA) is 44.3 Å². The molecule has 2 heterocycles. The van der Waals surface area contributed by atoms with E-state index in [0.717, 1.165) is 55.9 Å². The van der Waals surface area contributed by atoms with Gasteiger partial charge in [-0.15, -0.1) is 0 Å². The Morgan fingerprint density at radius 3 is 2.52 bits per heavy atom. The lowest BCUT2D eigenvalue weighted by Gasteiger charge is -2.35. The average Bonchev–Trinajstić information content (AvgIpc) is 2.53. The molecule has 1 aromatic rings. The first-order valence-electron chi connectivity index (χ1n) is 7.91. The van der Waals surface area contributed by atoms with Crippen molar-refractivity contribution in [2.24, 2.45) is 0 Å². The molecule has 0 spiro atoms. The Bertz CT molecular complexity index is 432. The summed E-state index contributed by atoms with van der Waals surface area (Å²) in [5, 5.41) is 4.23. The van der Waals surface area contributed by atoms with E-state index in [9.17, 15) is 0 Å². The number of hydrogen-bond donors (Lipinski definition) is 1. The first-order chi connectivity index (χ1) is 10.3. The number of piperazine rings is 1. The smallest absolute Gasteiger partial charge is 0.191 e. The predicted molar refractivity (Wildman–Crippen MR) is 91.5 cm³/mol. The van der Waals surface area contributed by atoms with Crippen LogP contribution in [0.3, 0.4) is 0 Å². The third-order valence-corrected chi connectivity index (χ3v) is 4.21. The fraction of sp³-hybridized carbons (Fsp3) is 0.733. The summed E-state index contributed by atoms with van der Waals surface area (Å²) in [5.41, 5.74) is 0. The molecule has 0 unspecified atom stereocenters. The molecule has 2 rings (SSSR count). The Morgan fingerprint density at radius 1 is 1.14 bits per heavy atom. The summed E-state index contributed by atoms with van der Waals surface area (Å²) in [6.45, 7) is 10.9. The summed E-state index contributed by atoms with van der Waals surface area (Å²) >= 11 is 1.60. The molecule has 0 saturated carbocycles. The van der Waals surface area contributed by atoms with Crippen LogP contribution in [0, 0.1) is 0 Å². The zero-order valence-corrected chi connectivity index (χ0v) is 14.2. The standard InChI is InChI=1S/C15H27N5S/c1-4-6-16-13-12-14(18-15(17-13)21-3)20-10-8-19(7-5-2)9-11-20/h12H,4-11H2,1-3H3,(H,16,17,18). The molecule has 1 aliphatic rings. The number of anilines is 2. The molecule has 6 heteroatoms. The van der Waals surface area contributed by atoms with Gasteiger partial charge in [0, 0.05) is 38.8 Å². The third-order valence-electron chi connectivity index (χ3n) is 3.67. The van der Waals surface area contributed by atoms with Gasteiger partial charge in [-0.2, -0.15) is 0 Å². The van der Waals surface area contributed by atoms with Crippen molar-refractivity contribution in [1.82, 2.24) is 14.9 Å². The molecule has 5 nitrogen and oxygen atoms in total. The SMILES string of the molecule is CCCNc1cc(N2CCN(CCC)CC2)nc(SC)n1. The van der Waals surface area contributed by atoms with Crippen LogP contribution in [0.4, 0.5) is 11.6 Å². The van der Waals surface area contributed by atoms with Crippen LogP contribution in [0.15, 0.2) is 11.2 Å². The van der Waals surface area contributed by atoms with Crippen molar-refractivity contribution in [3.05, 3.63) is 6.07 Å². The first kappa shape index (κ1) is 16.4. The molecule has 0 atom stereocenters. The summed E-state index contributed by atoms with van der Waals surface area (Å²) in [4.78, 5) is 14.1. The molecule has 0 amide bonds. The molecular formula is C15H27N5S. The highest BCUT2D eigenvalue weighted by Gasteiger charge is 2.18. The van der Waals surface area contributed by atoms with E-state index in [1.807, 2.05) is 6.26 Å². The van der Waals surface area contributed by atoms with Gasteiger partial charge in [-0.05, 0) is 25.6 Å². The number of rotatable bonds is 7. The first-order valence-corrected chi connectivity index (χ1v) is 9.13. The van der Waals surface area contributed by atoms with E-state index < -0.39 is 0 Å². The summed E-state index contributed by atoms with van der Waals surface area (Å²) in [5.74, 6) is 2.01. The molecule has 1 saturated heterocycles. The zero-order valence-electron chi connectivity index (χ0n) is 13.4. The van der Waals surface area contributed by atoms with Gasteiger partial charge < -0.3 is 10.2 Å². The summed E-state index contributed by atoms with van der Waals surface area (Å²) in [7, 11) is 0. The molecule has 0 aliphatic carbocycles. The number of nitrogens with one attached hydrogen (secondary N) is 1. The van der Waals surface area contributed by atoms with Crippen molar-refractivity contribution in [2.75, 3.05) is 55.7 Å². The predicted octanol–water partition coefficient (Wildman–Crippen LogP) is 2.55. The van der Waals surface area contributed by atoms with Crippen molar-refractivity contribution in [3.8, 4) is 0 Å². The van der Waals surface area contributed by atoms with E-state index in [-0.39, 0.29) is 0 Å². The Hall–Kier alpha value is -1.01. The molecule has 21 heavy (non-hydrogen) atoms. The summed E-state index contributed by atoms with van der Waals surface area (Å²) in [6.07, 6.45) is 4.36. The Labute approximate surface area is 132 Å². The number of hydrogen-bond acceptors (Lipinski definition) is 6.